The van der Waals surface area contributed by atoms with Crippen molar-refractivity contribution >= 4 is 21.8 Å². The first kappa shape index (κ1) is 15.8. The predicted octanol–water partition coefficient (Wildman–Crippen LogP) is 3.49. The minimum atomic E-state index is 0.0887. The van der Waals surface area contributed by atoms with Crippen molar-refractivity contribution in [2.45, 2.75) is 31.8 Å². The molecule has 1 aromatic carbocycles. The molecule has 120 valence electrons. The fraction of sp³-hybridized carbons (Fsp3) is 0.588. The number of hydrogen-bond acceptors (Lipinski definition) is 3. The number of methoxy groups -OCH3 is 1. The summed E-state index contributed by atoms with van der Waals surface area (Å²) < 4.78 is 11.7. The summed E-state index contributed by atoms with van der Waals surface area (Å²) in [5.41, 5.74) is 0.700. The van der Waals surface area contributed by atoms with Gasteiger partial charge in [-0.1, -0.05) is 0 Å². The summed E-state index contributed by atoms with van der Waals surface area (Å²) in [6.45, 7) is 2.38. The molecule has 0 spiro atoms. The van der Waals surface area contributed by atoms with Crippen LogP contribution in [-0.4, -0.2) is 43.7 Å². The van der Waals surface area contributed by atoms with Crippen LogP contribution in [0.25, 0.3) is 0 Å². The number of halogens is 1. The second-order valence-electron chi connectivity index (χ2n) is 6.14. The summed E-state index contributed by atoms with van der Waals surface area (Å²) in [6, 6.07) is 5.51. The first-order valence-corrected chi connectivity index (χ1v) is 8.71. The number of benzene rings is 1. The Morgan fingerprint density at radius 2 is 2.18 bits per heavy atom. The van der Waals surface area contributed by atoms with E-state index < -0.39 is 0 Å². The van der Waals surface area contributed by atoms with E-state index in [0.717, 1.165) is 36.2 Å². The fourth-order valence-electron chi connectivity index (χ4n) is 2.87. The second-order valence-corrected chi connectivity index (χ2v) is 6.99. The highest BCUT2D eigenvalue weighted by Crippen LogP contribution is 2.31. The number of carbonyl (C=O) groups excluding carboxylic acids is 1. The van der Waals surface area contributed by atoms with E-state index in [0.29, 0.717) is 18.0 Å². The highest BCUT2D eigenvalue weighted by molar-refractivity contribution is 9.10. The standard InChI is InChI=1S/C17H22BrNO3/c1-21-16-7-6-13(9-15(16)18)17(20)19(10-12-4-5-12)11-14-3-2-8-22-14/h6-7,9,12,14H,2-5,8,10-11H2,1H3. The maximum absolute atomic E-state index is 12.9. The van der Waals surface area contributed by atoms with Gasteiger partial charge in [0, 0.05) is 25.3 Å². The molecule has 1 atom stereocenters. The van der Waals surface area contributed by atoms with E-state index in [4.69, 9.17) is 9.47 Å². The number of amides is 1. The van der Waals surface area contributed by atoms with Crippen LogP contribution in [-0.2, 0) is 4.74 Å². The van der Waals surface area contributed by atoms with Crippen molar-refractivity contribution in [3.8, 4) is 5.75 Å². The van der Waals surface area contributed by atoms with Gasteiger partial charge in [0.25, 0.3) is 5.91 Å². The van der Waals surface area contributed by atoms with E-state index in [9.17, 15) is 4.79 Å². The molecule has 22 heavy (non-hydrogen) atoms. The molecule has 1 aromatic rings. The third-order valence-electron chi connectivity index (χ3n) is 4.31. The molecule has 0 radical (unpaired) electrons. The van der Waals surface area contributed by atoms with Gasteiger partial charge in [-0.3, -0.25) is 4.79 Å². The summed E-state index contributed by atoms with van der Waals surface area (Å²) in [7, 11) is 1.62. The van der Waals surface area contributed by atoms with Crippen LogP contribution < -0.4 is 4.74 Å². The molecule has 2 aliphatic rings. The van der Waals surface area contributed by atoms with Crippen molar-refractivity contribution < 1.29 is 14.3 Å². The summed E-state index contributed by atoms with van der Waals surface area (Å²) >= 11 is 3.46. The van der Waals surface area contributed by atoms with E-state index in [-0.39, 0.29) is 12.0 Å². The van der Waals surface area contributed by atoms with Crippen molar-refractivity contribution in [2.24, 2.45) is 5.92 Å². The Balaban J connectivity index is 1.73. The average molecular weight is 368 g/mol. The molecule has 0 bridgehead atoms. The molecule has 5 heteroatoms. The highest BCUT2D eigenvalue weighted by Gasteiger charge is 2.30. The summed E-state index contributed by atoms with van der Waals surface area (Å²) in [4.78, 5) is 14.8. The third-order valence-corrected chi connectivity index (χ3v) is 4.93. The van der Waals surface area contributed by atoms with E-state index in [1.807, 2.05) is 23.1 Å². The maximum Gasteiger partial charge on any atom is 0.253 e. The van der Waals surface area contributed by atoms with Crippen molar-refractivity contribution in [1.29, 1.82) is 0 Å². The quantitative estimate of drug-likeness (QED) is 0.772. The van der Waals surface area contributed by atoms with Crippen LogP contribution in [0.15, 0.2) is 22.7 Å². The maximum atomic E-state index is 12.9. The van der Waals surface area contributed by atoms with Gasteiger partial charge in [-0.05, 0) is 65.7 Å². The first-order chi connectivity index (χ1) is 10.7. The smallest absolute Gasteiger partial charge is 0.253 e. The number of carbonyl (C=O) groups is 1. The van der Waals surface area contributed by atoms with Gasteiger partial charge in [0.15, 0.2) is 0 Å². The van der Waals surface area contributed by atoms with Crippen LogP contribution in [0.1, 0.15) is 36.0 Å². The molecule has 4 nitrogen and oxygen atoms in total. The van der Waals surface area contributed by atoms with Crippen molar-refractivity contribution in [3.05, 3.63) is 28.2 Å². The third kappa shape index (κ3) is 3.82. The molecule has 1 saturated carbocycles. The lowest BCUT2D eigenvalue weighted by atomic mass is 10.1. The summed E-state index contributed by atoms with van der Waals surface area (Å²) in [6.07, 6.45) is 4.83. The SMILES string of the molecule is COc1ccc(C(=O)N(CC2CC2)CC2CCCO2)cc1Br. The van der Waals surface area contributed by atoms with Gasteiger partial charge in [0.2, 0.25) is 0 Å². The Bertz CT molecular complexity index is 539. The minimum absolute atomic E-state index is 0.0887. The fourth-order valence-corrected chi connectivity index (χ4v) is 3.41. The summed E-state index contributed by atoms with van der Waals surface area (Å²) in [5, 5.41) is 0. The van der Waals surface area contributed by atoms with Gasteiger partial charge in [-0.15, -0.1) is 0 Å². The molecule has 1 aliphatic heterocycles. The van der Waals surface area contributed by atoms with Gasteiger partial charge in [-0.2, -0.15) is 0 Å². The topological polar surface area (TPSA) is 38.8 Å². The van der Waals surface area contributed by atoms with Crippen LogP contribution in [0.4, 0.5) is 0 Å². The molecule has 1 unspecified atom stereocenters. The number of rotatable bonds is 6. The van der Waals surface area contributed by atoms with Crippen LogP contribution in [0.5, 0.6) is 5.75 Å². The zero-order valence-electron chi connectivity index (χ0n) is 12.9. The van der Waals surface area contributed by atoms with Crippen molar-refractivity contribution in [2.75, 3.05) is 26.8 Å². The highest BCUT2D eigenvalue weighted by atomic mass is 79.9. The molecule has 3 rings (SSSR count). The largest absolute Gasteiger partial charge is 0.496 e. The molecule has 1 saturated heterocycles. The van der Waals surface area contributed by atoms with Crippen molar-refractivity contribution in [1.82, 2.24) is 4.90 Å². The van der Waals surface area contributed by atoms with Gasteiger partial charge in [0.1, 0.15) is 5.75 Å². The molecule has 1 aliphatic carbocycles. The second kappa shape index (κ2) is 7.01. The lowest BCUT2D eigenvalue weighted by Gasteiger charge is -2.25. The minimum Gasteiger partial charge on any atom is -0.496 e. The van der Waals surface area contributed by atoms with E-state index in [2.05, 4.69) is 15.9 Å². The molecule has 0 N–H and O–H groups in total. The van der Waals surface area contributed by atoms with Crippen LogP contribution in [0, 0.1) is 5.92 Å². The number of ether oxygens (including phenoxy) is 2. The average Bonchev–Trinajstić information content (AvgIpc) is 3.19. The number of nitrogens with zero attached hydrogens (tertiary/aromatic N) is 1. The molecular formula is C17H22BrNO3. The van der Waals surface area contributed by atoms with Gasteiger partial charge in [0.05, 0.1) is 17.7 Å². The Kier molecular flexibility index (Phi) is 5.03. The zero-order valence-corrected chi connectivity index (χ0v) is 14.5. The van der Waals surface area contributed by atoms with Gasteiger partial charge >= 0.3 is 0 Å². The zero-order chi connectivity index (χ0) is 15.5. The predicted molar refractivity (Wildman–Crippen MR) is 88.3 cm³/mol. The normalized spacial score (nSPS) is 20.9. The van der Waals surface area contributed by atoms with E-state index in [1.54, 1.807) is 7.11 Å². The van der Waals surface area contributed by atoms with Gasteiger partial charge in [-0.25, -0.2) is 0 Å². The molecule has 2 fully saturated rings. The van der Waals surface area contributed by atoms with Crippen LogP contribution in [0.2, 0.25) is 0 Å². The monoisotopic (exact) mass is 367 g/mol. The lowest BCUT2D eigenvalue weighted by molar-refractivity contribution is 0.0515. The Morgan fingerprint density at radius 3 is 2.77 bits per heavy atom. The molecular weight excluding hydrogens is 346 g/mol. The molecule has 0 aromatic heterocycles. The van der Waals surface area contributed by atoms with Crippen LogP contribution >= 0.6 is 15.9 Å². The van der Waals surface area contributed by atoms with E-state index in [1.165, 1.54) is 12.8 Å². The lowest BCUT2D eigenvalue weighted by Crippen LogP contribution is -2.38. The van der Waals surface area contributed by atoms with E-state index >= 15 is 0 Å². The Labute approximate surface area is 139 Å². The first-order valence-electron chi connectivity index (χ1n) is 7.92. The molecule has 1 amide bonds. The number of hydrogen-bond donors (Lipinski definition) is 0. The molecule has 1 heterocycles. The van der Waals surface area contributed by atoms with Gasteiger partial charge < -0.3 is 14.4 Å². The Morgan fingerprint density at radius 1 is 1.36 bits per heavy atom. The van der Waals surface area contributed by atoms with Crippen molar-refractivity contribution in [3.63, 3.8) is 0 Å². The summed E-state index contributed by atoms with van der Waals surface area (Å²) in [5.74, 6) is 1.50. The Hall–Kier alpha value is -1.07. The van der Waals surface area contributed by atoms with Crippen LogP contribution in [0.3, 0.4) is 0 Å².